The van der Waals surface area contributed by atoms with Gasteiger partial charge in [0.1, 0.15) is 12.1 Å². The zero-order valence-corrected chi connectivity index (χ0v) is 18.6. The lowest BCUT2D eigenvalue weighted by atomic mass is 10.1. The number of anilines is 1. The fourth-order valence-corrected chi connectivity index (χ4v) is 4.46. The molecule has 2 aliphatic rings. The highest BCUT2D eigenvalue weighted by molar-refractivity contribution is 5.73. The summed E-state index contributed by atoms with van der Waals surface area (Å²) in [7, 11) is 1.56. The normalized spacial score (nSPS) is 19.1. The van der Waals surface area contributed by atoms with Gasteiger partial charge < -0.3 is 24.8 Å². The maximum Gasteiger partial charge on any atom is 0.216 e. The number of ether oxygens (including phenoxy) is 2. The van der Waals surface area contributed by atoms with Gasteiger partial charge in [0.25, 0.3) is 0 Å². The zero-order valence-electron chi connectivity index (χ0n) is 18.6. The van der Waals surface area contributed by atoms with Crippen molar-refractivity contribution in [2.45, 2.75) is 31.3 Å². The van der Waals surface area contributed by atoms with Crippen molar-refractivity contribution in [2.24, 2.45) is 0 Å². The van der Waals surface area contributed by atoms with Crippen LogP contribution in [0.3, 0.4) is 0 Å². The molecule has 3 aromatic rings. The molecule has 0 amide bonds. The summed E-state index contributed by atoms with van der Waals surface area (Å²) < 4.78 is 10.6. The van der Waals surface area contributed by atoms with Gasteiger partial charge in [-0.1, -0.05) is 6.07 Å². The van der Waals surface area contributed by atoms with Crippen molar-refractivity contribution in [3.63, 3.8) is 0 Å². The fourth-order valence-electron chi connectivity index (χ4n) is 4.46. The Morgan fingerprint density at radius 1 is 1.00 bits per heavy atom. The molecule has 2 aromatic heterocycles. The molecule has 5 rings (SSSR count). The highest BCUT2D eigenvalue weighted by atomic mass is 16.5. The van der Waals surface area contributed by atoms with E-state index in [4.69, 9.17) is 9.47 Å². The highest BCUT2D eigenvalue weighted by Gasteiger charge is 2.26. The average Bonchev–Trinajstić information content (AvgIpc) is 3.33. The van der Waals surface area contributed by atoms with E-state index in [2.05, 4.69) is 30.4 Å². The van der Waals surface area contributed by atoms with E-state index in [1.165, 1.54) is 6.33 Å². The van der Waals surface area contributed by atoms with Crippen LogP contribution in [0, 0.1) is 0 Å². The number of phenols is 1. The van der Waals surface area contributed by atoms with Crippen LogP contribution in [-0.4, -0.2) is 70.8 Å². The number of methoxy groups -OCH3 is 1. The standard InChI is InChI=1S/C24H28N6O3/c1-32-24-13-21(25-15-26-24)16-2-3-19(22(31)12-16)20-4-5-23(29-28-20)30-9-6-18(14-30)27-17-7-10-33-11-8-17/h2-5,12-13,15,17-18,27,31H,6-11,14H2,1H3/t18-/m1/s1. The summed E-state index contributed by atoms with van der Waals surface area (Å²) in [6, 6.07) is 12.0. The molecule has 0 radical (unpaired) electrons. The first-order valence-corrected chi connectivity index (χ1v) is 11.3. The molecular weight excluding hydrogens is 420 g/mol. The van der Waals surface area contributed by atoms with Crippen molar-refractivity contribution in [1.29, 1.82) is 0 Å². The van der Waals surface area contributed by atoms with Gasteiger partial charge >= 0.3 is 0 Å². The summed E-state index contributed by atoms with van der Waals surface area (Å²) in [6.07, 6.45) is 4.69. The number of aromatic hydroxyl groups is 1. The van der Waals surface area contributed by atoms with Gasteiger partial charge in [-0.3, -0.25) is 0 Å². The van der Waals surface area contributed by atoms with Gasteiger partial charge in [-0.05, 0) is 43.5 Å². The van der Waals surface area contributed by atoms with Crippen LogP contribution >= 0.6 is 0 Å². The highest BCUT2D eigenvalue weighted by Crippen LogP contribution is 2.32. The maximum atomic E-state index is 10.6. The van der Waals surface area contributed by atoms with E-state index in [0.717, 1.165) is 56.9 Å². The van der Waals surface area contributed by atoms with Gasteiger partial charge in [0, 0.05) is 55.6 Å². The van der Waals surface area contributed by atoms with Crippen molar-refractivity contribution < 1.29 is 14.6 Å². The van der Waals surface area contributed by atoms with Crippen LogP contribution in [0.5, 0.6) is 11.6 Å². The summed E-state index contributed by atoms with van der Waals surface area (Å²) in [5.74, 6) is 1.45. The lowest BCUT2D eigenvalue weighted by Crippen LogP contribution is -2.43. The van der Waals surface area contributed by atoms with Gasteiger partial charge in [0.05, 0.1) is 18.5 Å². The van der Waals surface area contributed by atoms with Crippen molar-refractivity contribution >= 4 is 5.82 Å². The topological polar surface area (TPSA) is 106 Å². The second-order valence-electron chi connectivity index (χ2n) is 8.44. The number of hydrogen-bond acceptors (Lipinski definition) is 9. The Labute approximate surface area is 192 Å². The first-order chi connectivity index (χ1) is 16.2. The number of nitrogens with zero attached hydrogens (tertiary/aromatic N) is 5. The molecule has 2 aliphatic heterocycles. The summed E-state index contributed by atoms with van der Waals surface area (Å²) in [4.78, 5) is 10.5. The Morgan fingerprint density at radius 3 is 2.64 bits per heavy atom. The minimum atomic E-state index is 0.119. The maximum absolute atomic E-state index is 10.6. The first kappa shape index (κ1) is 21.5. The van der Waals surface area contributed by atoms with E-state index in [1.54, 1.807) is 19.2 Å². The fraction of sp³-hybridized carbons (Fsp3) is 0.417. The number of aromatic nitrogens is 4. The van der Waals surface area contributed by atoms with Crippen LogP contribution in [0.1, 0.15) is 19.3 Å². The van der Waals surface area contributed by atoms with E-state index < -0.39 is 0 Å². The van der Waals surface area contributed by atoms with E-state index in [9.17, 15) is 5.11 Å². The van der Waals surface area contributed by atoms with Crippen LogP contribution in [0.25, 0.3) is 22.5 Å². The molecule has 0 saturated carbocycles. The van der Waals surface area contributed by atoms with Crippen LogP contribution in [0.2, 0.25) is 0 Å². The van der Waals surface area contributed by atoms with Gasteiger partial charge in [0.15, 0.2) is 5.82 Å². The number of phenolic OH excluding ortho intramolecular Hbond substituents is 1. The molecule has 2 fully saturated rings. The Bertz CT molecular complexity index is 1090. The van der Waals surface area contributed by atoms with Crippen molar-refractivity contribution in [2.75, 3.05) is 38.3 Å². The number of hydrogen-bond donors (Lipinski definition) is 2. The van der Waals surface area contributed by atoms with Crippen LogP contribution in [-0.2, 0) is 4.74 Å². The Balaban J connectivity index is 1.25. The lowest BCUT2D eigenvalue weighted by molar-refractivity contribution is 0.0755. The summed E-state index contributed by atoms with van der Waals surface area (Å²) in [5, 5.41) is 23.2. The van der Waals surface area contributed by atoms with Gasteiger partial charge in [-0.15, -0.1) is 10.2 Å². The second kappa shape index (κ2) is 9.68. The van der Waals surface area contributed by atoms with Crippen LogP contribution in [0.4, 0.5) is 5.82 Å². The quantitative estimate of drug-likeness (QED) is 0.589. The number of nitrogens with one attached hydrogen (secondary N) is 1. The predicted molar refractivity (Wildman–Crippen MR) is 124 cm³/mol. The van der Waals surface area contributed by atoms with Crippen LogP contribution < -0.4 is 15.0 Å². The molecule has 9 nitrogen and oxygen atoms in total. The molecule has 2 N–H and O–H groups in total. The lowest BCUT2D eigenvalue weighted by Gasteiger charge is -2.26. The van der Waals surface area contributed by atoms with E-state index >= 15 is 0 Å². The SMILES string of the molecule is COc1cc(-c2ccc(-c3ccc(N4CC[C@@H](NC5CCOCC5)C4)nn3)c(O)c2)ncn1. The third kappa shape index (κ3) is 4.89. The van der Waals surface area contributed by atoms with Gasteiger partial charge in [-0.25, -0.2) is 9.97 Å². The van der Waals surface area contributed by atoms with E-state index in [-0.39, 0.29) is 5.75 Å². The summed E-state index contributed by atoms with van der Waals surface area (Å²) in [6.45, 7) is 3.58. The molecule has 0 unspecified atom stereocenters. The Hall–Kier alpha value is -3.30. The molecular formula is C24H28N6O3. The molecule has 0 spiro atoms. The second-order valence-corrected chi connectivity index (χ2v) is 8.44. The number of benzene rings is 1. The van der Waals surface area contributed by atoms with Crippen LogP contribution in [0.15, 0.2) is 42.7 Å². The third-order valence-electron chi connectivity index (χ3n) is 6.28. The Morgan fingerprint density at radius 2 is 1.88 bits per heavy atom. The summed E-state index contributed by atoms with van der Waals surface area (Å²) in [5.41, 5.74) is 2.68. The third-order valence-corrected chi connectivity index (χ3v) is 6.28. The Kier molecular flexibility index (Phi) is 6.32. The predicted octanol–water partition coefficient (Wildman–Crippen LogP) is 2.66. The zero-order chi connectivity index (χ0) is 22.6. The number of rotatable bonds is 6. The smallest absolute Gasteiger partial charge is 0.216 e. The van der Waals surface area contributed by atoms with Gasteiger partial charge in [-0.2, -0.15) is 0 Å². The first-order valence-electron chi connectivity index (χ1n) is 11.3. The van der Waals surface area contributed by atoms with E-state index in [0.29, 0.717) is 34.9 Å². The molecule has 9 heteroatoms. The van der Waals surface area contributed by atoms with Crippen molar-refractivity contribution in [1.82, 2.24) is 25.5 Å². The van der Waals surface area contributed by atoms with E-state index in [1.807, 2.05) is 24.3 Å². The minimum absolute atomic E-state index is 0.119. The monoisotopic (exact) mass is 448 g/mol. The molecule has 1 aromatic carbocycles. The molecule has 0 aliphatic carbocycles. The molecule has 1 atom stereocenters. The molecule has 2 saturated heterocycles. The molecule has 172 valence electrons. The average molecular weight is 449 g/mol. The molecule has 33 heavy (non-hydrogen) atoms. The van der Waals surface area contributed by atoms with Gasteiger partial charge in [0.2, 0.25) is 5.88 Å². The minimum Gasteiger partial charge on any atom is -0.507 e. The molecule has 4 heterocycles. The van der Waals surface area contributed by atoms with Crippen molar-refractivity contribution in [3.8, 4) is 34.1 Å². The summed E-state index contributed by atoms with van der Waals surface area (Å²) >= 11 is 0. The van der Waals surface area contributed by atoms with Crippen molar-refractivity contribution in [3.05, 3.63) is 42.7 Å². The molecule has 0 bridgehead atoms. The largest absolute Gasteiger partial charge is 0.507 e.